The molecule has 1 saturated carbocycles. The quantitative estimate of drug-likeness (QED) is 0.847. The monoisotopic (exact) mass is 348 g/mol. The number of aromatic nitrogens is 2. The highest BCUT2D eigenvalue weighted by Gasteiger charge is 2.34. The Morgan fingerprint density at radius 1 is 1.32 bits per heavy atom. The Kier molecular flexibility index (Phi) is 5.60. The van der Waals surface area contributed by atoms with Crippen molar-refractivity contribution in [3.05, 3.63) is 18.7 Å². The average Bonchev–Trinajstić information content (AvgIpc) is 3.27. The van der Waals surface area contributed by atoms with Gasteiger partial charge in [-0.3, -0.25) is 4.79 Å². The van der Waals surface area contributed by atoms with Crippen LogP contribution in [0.1, 0.15) is 45.6 Å². The minimum atomic E-state index is -0.133. The summed E-state index contributed by atoms with van der Waals surface area (Å²) in [6, 6.07) is 0.303. The van der Waals surface area contributed by atoms with E-state index in [-0.39, 0.29) is 30.0 Å². The number of esters is 1. The minimum Gasteiger partial charge on any atom is -0.466 e. The second kappa shape index (κ2) is 7.89. The molecule has 1 aliphatic carbocycles. The van der Waals surface area contributed by atoms with E-state index in [1.807, 2.05) is 24.3 Å². The third-order valence-electron chi connectivity index (χ3n) is 5.49. The Hall–Kier alpha value is -2.05. The summed E-state index contributed by atoms with van der Waals surface area (Å²) in [5.41, 5.74) is 0. The number of imidazole rings is 1. The Morgan fingerprint density at radius 2 is 2.16 bits per heavy atom. The Labute approximate surface area is 148 Å². The van der Waals surface area contributed by atoms with Crippen molar-refractivity contribution in [2.75, 3.05) is 19.7 Å². The van der Waals surface area contributed by atoms with Crippen LogP contribution in [-0.4, -0.2) is 52.2 Å². The predicted molar refractivity (Wildman–Crippen MR) is 92.9 cm³/mol. The van der Waals surface area contributed by atoms with Gasteiger partial charge in [0.05, 0.1) is 24.9 Å². The van der Waals surface area contributed by atoms with Gasteiger partial charge in [-0.05, 0) is 38.5 Å². The van der Waals surface area contributed by atoms with E-state index in [4.69, 9.17) is 4.74 Å². The highest BCUT2D eigenvalue weighted by molar-refractivity contribution is 5.76. The fraction of sp³-hybridized carbons (Fsp3) is 0.722. The molecule has 2 aliphatic rings. The normalized spacial score (nSPS) is 29.4. The zero-order chi connectivity index (χ0) is 17.8. The molecule has 0 spiro atoms. The molecule has 1 saturated heterocycles. The molecule has 1 aromatic rings. The molecule has 0 aromatic carbocycles. The maximum Gasteiger partial charge on any atom is 0.317 e. The highest BCUT2D eigenvalue weighted by Crippen LogP contribution is 2.29. The number of likely N-dealkylation sites (tertiary alicyclic amines) is 1. The van der Waals surface area contributed by atoms with Gasteiger partial charge >= 0.3 is 12.0 Å². The molecule has 0 unspecified atom stereocenters. The van der Waals surface area contributed by atoms with Gasteiger partial charge in [0, 0.05) is 31.5 Å². The number of hydrogen-bond acceptors (Lipinski definition) is 4. The summed E-state index contributed by atoms with van der Waals surface area (Å²) in [5.74, 6) is 0.300. The molecule has 1 aliphatic heterocycles. The lowest BCUT2D eigenvalue weighted by molar-refractivity contribution is -0.147. The predicted octanol–water partition coefficient (Wildman–Crippen LogP) is 2.21. The lowest BCUT2D eigenvalue weighted by Gasteiger charge is -2.38. The van der Waals surface area contributed by atoms with E-state index >= 15 is 0 Å². The van der Waals surface area contributed by atoms with Crippen LogP contribution in [0.3, 0.4) is 0 Å². The molecule has 25 heavy (non-hydrogen) atoms. The molecular formula is C18H28N4O3. The number of nitrogens with one attached hydrogen (secondary N) is 1. The largest absolute Gasteiger partial charge is 0.466 e. The van der Waals surface area contributed by atoms with E-state index in [1.165, 1.54) is 0 Å². The first-order chi connectivity index (χ1) is 12.1. The van der Waals surface area contributed by atoms with Crippen LogP contribution in [0.15, 0.2) is 18.7 Å². The second-order valence-electron chi connectivity index (χ2n) is 7.20. The Bertz CT molecular complexity index is 589. The van der Waals surface area contributed by atoms with Crippen molar-refractivity contribution in [2.24, 2.45) is 11.8 Å². The van der Waals surface area contributed by atoms with Gasteiger partial charge in [-0.1, -0.05) is 6.92 Å². The van der Waals surface area contributed by atoms with Crippen LogP contribution >= 0.6 is 0 Å². The first-order valence-corrected chi connectivity index (χ1v) is 9.28. The number of urea groups is 1. The lowest BCUT2D eigenvalue weighted by Crippen LogP contribution is -2.50. The van der Waals surface area contributed by atoms with Gasteiger partial charge in [-0.25, -0.2) is 9.78 Å². The van der Waals surface area contributed by atoms with Gasteiger partial charge in [-0.2, -0.15) is 0 Å². The molecule has 3 rings (SSSR count). The van der Waals surface area contributed by atoms with Crippen molar-refractivity contribution in [1.82, 2.24) is 19.8 Å². The summed E-state index contributed by atoms with van der Waals surface area (Å²) in [7, 11) is 0. The summed E-state index contributed by atoms with van der Waals surface area (Å²) < 4.78 is 7.19. The van der Waals surface area contributed by atoms with Crippen LogP contribution < -0.4 is 5.32 Å². The molecular weight excluding hydrogens is 320 g/mol. The van der Waals surface area contributed by atoms with Crippen molar-refractivity contribution < 1.29 is 14.3 Å². The van der Waals surface area contributed by atoms with Gasteiger partial charge in [-0.15, -0.1) is 0 Å². The van der Waals surface area contributed by atoms with Crippen molar-refractivity contribution in [2.45, 2.75) is 51.6 Å². The molecule has 1 aromatic heterocycles. The van der Waals surface area contributed by atoms with Crippen molar-refractivity contribution in [1.29, 1.82) is 0 Å². The molecule has 0 bridgehead atoms. The smallest absolute Gasteiger partial charge is 0.317 e. The average molecular weight is 348 g/mol. The summed E-state index contributed by atoms with van der Waals surface area (Å²) in [4.78, 5) is 30.5. The fourth-order valence-corrected chi connectivity index (χ4v) is 3.94. The molecule has 7 heteroatoms. The zero-order valence-electron chi connectivity index (χ0n) is 15.1. The van der Waals surface area contributed by atoms with Gasteiger partial charge in [0.15, 0.2) is 0 Å². The molecule has 2 fully saturated rings. The van der Waals surface area contributed by atoms with Crippen LogP contribution in [0.2, 0.25) is 0 Å². The van der Waals surface area contributed by atoms with E-state index < -0.39 is 0 Å². The summed E-state index contributed by atoms with van der Waals surface area (Å²) in [6.07, 6.45) is 8.85. The number of carbonyl (C=O) groups excluding carboxylic acids is 2. The summed E-state index contributed by atoms with van der Waals surface area (Å²) in [6.45, 7) is 5.92. The third kappa shape index (κ3) is 4.14. The fourth-order valence-electron chi connectivity index (χ4n) is 3.94. The van der Waals surface area contributed by atoms with Gasteiger partial charge in [0.25, 0.3) is 0 Å². The van der Waals surface area contributed by atoms with Gasteiger partial charge < -0.3 is 19.5 Å². The minimum absolute atomic E-state index is 0.0217. The number of ether oxygens (including phenoxy) is 1. The number of rotatable bonds is 4. The van der Waals surface area contributed by atoms with Crippen LogP contribution in [0.25, 0.3) is 0 Å². The third-order valence-corrected chi connectivity index (χ3v) is 5.49. The molecule has 2 heterocycles. The standard InChI is InChI=1S/C18H28N4O3/c1-3-25-17(23)14-4-5-15(10-14)20-18(24)21-8-6-13(2)16(11-21)22-9-7-19-12-22/h7,9,12-16H,3-6,8,10-11H2,1-2H3,(H,20,24)/t13-,14-,15+,16-/m1/s1. The first kappa shape index (κ1) is 17.8. The number of hydrogen-bond donors (Lipinski definition) is 1. The highest BCUT2D eigenvalue weighted by atomic mass is 16.5. The maximum absolute atomic E-state index is 12.7. The van der Waals surface area contributed by atoms with Crippen LogP contribution in [0.5, 0.6) is 0 Å². The van der Waals surface area contributed by atoms with Crippen LogP contribution in [0.4, 0.5) is 4.79 Å². The molecule has 2 amide bonds. The molecule has 4 atom stereocenters. The van der Waals surface area contributed by atoms with E-state index in [0.29, 0.717) is 25.5 Å². The zero-order valence-corrected chi connectivity index (χ0v) is 15.1. The van der Waals surface area contributed by atoms with Gasteiger partial charge in [0.2, 0.25) is 0 Å². The number of piperidine rings is 1. The summed E-state index contributed by atoms with van der Waals surface area (Å²) in [5, 5.41) is 3.11. The maximum atomic E-state index is 12.7. The van der Waals surface area contributed by atoms with Crippen molar-refractivity contribution in [3.63, 3.8) is 0 Å². The number of amides is 2. The lowest BCUT2D eigenvalue weighted by atomic mass is 9.93. The van der Waals surface area contributed by atoms with E-state index in [9.17, 15) is 9.59 Å². The van der Waals surface area contributed by atoms with Crippen LogP contribution in [0, 0.1) is 11.8 Å². The van der Waals surface area contributed by atoms with E-state index in [0.717, 1.165) is 25.8 Å². The SMILES string of the molecule is CCOC(=O)[C@@H]1CC[C@H](NC(=O)N2CC[C@@H](C)[C@H](n3ccnc3)C2)C1. The van der Waals surface area contributed by atoms with Crippen molar-refractivity contribution >= 4 is 12.0 Å². The number of nitrogens with zero attached hydrogens (tertiary/aromatic N) is 3. The Morgan fingerprint density at radius 3 is 2.88 bits per heavy atom. The van der Waals surface area contributed by atoms with Crippen molar-refractivity contribution in [3.8, 4) is 0 Å². The Balaban J connectivity index is 1.52. The molecule has 7 nitrogen and oxygen atoms in total. The first-order valence-electron chi connectivity index (χ1n) is 9.28. The van der Waals surface area contributed by atoms with Gasteiger partial charge in [0.1, 0.15) is 0 Å². The van der Waals surface area contributed by atoms with E-state index in [1.54, 1.807) is 6.20 Å². The molecule has 0 radical (unpaired) electrons. The summed E-state index contributed by atoms with van der Waals surface area (Å²) >= 11 is 0. The topological polar surface area (TPSA) is 76.5 Å². The molecule has 138 valence electrons. The number of carbonyl (C=O) groups is 2. The van der Waals surface area contributed by atoms with E-state index in [2.05, 4.69) is 21.8 Å². The second-order valence-corrected chi connectivity index (χ2v) is 7.20. The molecule has 1 N–H and O–H groups in total. The van der Waals surface area contributed by atoms with Crippen LogP contribution in [-0.2, 0) is 9.53 Å².